The Morgan fingerprint density at radius 3 is 2.27 bits per heavy atom. The molecule has 0 aliphatic carbocycles. The molecule has 0 aromatic heterocycles. The Bertz CT molecular complexity index is 268. The van der Waals surface area contributed by atoms with Crippen molar-refractivity contribution in [3.63, 3.8) is 0 Å². The van der Waals surface area contributed by atoms with Crippen LogP contribution in [0.5, 0.6) is 0 Å². The van der Waals surface area contributed by atoms with Crippen molar-refractivity contribution in [1.29, 1.82) is 0 Å². The first kappa shape index (κ1) is 12.5. The van der Waals surface area contributed by atoms with Crippen molar-refractivity contribution in [3.05, 3.63) is 35.4 Å². The maximum absolute atomic E-state index is 6.02. The summed E-state index contributed by atoms with van der Waals surface area (Å²) in [5, 5.41) is 3.61. The van der Waals surface area contributed by atoms with Gasteiger partial charge < -0.3 is 5.32 Å². The van der Waals surface area contributed by atoms with Gasteiger partial charge in [-0.05, 0) is 24.0 Å². The molecule has 1 aromatic carbocycles. The van der Waals surface area contributed by atoms with Gasteiger partial charge in [0.05, 0.1) is 0 Å². The first-order chi connectivity index (χ1) is 7.26. The summed E-state index contributed by atoms with van der Waals surface area (Å²) in [6, 6.07) is 8.74. The highest BCUT2D eigenvalue weighted by Crippen LogP contribution is 2.05. The minimum absolute atomic E-state index is 0.250. The molecule has 0 aliphatic heterocycles. The lowest BCUT2D eigenvalue weighted by atomic mass is 10.1. The van der Waals surface area contributed by atoms with Gasteiger partial charge in [0.1, 0.15) is 0 Å². The molecule has 0 bridgehead atoms. The summed E-state index contributed by atoms with van der Waals surface area (Å²) in [7, 11) is 0. The number of rotatable bonds is 6. The van der Waals surface area contributed by atoms with E-state index in [1.165, 1.54) is 11.1 Å². The molecule has 15 heavy (non-hydrogen) atoms. The molecule has 1 rings (SSSR count). The van der Waals surface area contributed by atoms with E-state index in [4.69, 9.17) is 11.6 Å². The SMILES string of the molecule is CCc1ccc(CNCC(Cl)CC)cc1. The van der Waals surface area contributed by atoms with Crippen LogP contribution in [0.2, 0.25) is 0 Å². The van der Waals surface area contributed by atoms with Gasteiger partial charge in [0.25, 0.3) is 0 Å². The van der Waals surface area contributed by atoms with Crippen LogP contribution in [0.1, 0.15) is 31.4 Å². The lowest BCUT2D eigenvalue weighted by Crippen LogP contribution is -2.22. The Kier molecular flexibility index (Phi) is 5.74. The van der Waals surface area contributed by atoms with Gasteiger partial charge in [-0.1, -0.05) is 38.1 Å². The van der Waals surface area contributed by atoms with Crippen LogP contribution in [-0.2, 0) is 13.0 Å². The Morgan fingerprint density at radius 1 is 1.13 bits per heavy atom. The smallest absolute Gasteiger partial charge is 0.0458 e. The summed E-state index contributed by atoms with van der Waals surface area (Å²) in [5.41, 5.74) is 2.72. The lowest BCUT2D eigenvalue weighted by molar-refractivity contribution is 0.647. The second-order valence-corrected chi connectivity index (χ2v) is 4.42. The van der Waals surface area contributed by atoms with Crippen LogP contribution >= 0.6 is 11.6 Å². The zero-order valence-electron chi connectivity index (χ0n) is 9.59. The summed E-state index contributed by atoms with van der Waals surface area (Å²) < 4.78 is 0. The number of hydrogen-bond donors (Lipinski definition) is 1. The van der Waals surface area contributed by atoms with Gasteiger partial charge >= 0.3 is 0 Å². The van der Waals surface area contributed by atoms with Crippen LogP contribution in [-0.4, -0.2) is 11.9 Å². The fourth-order valence-electron chi connectivity index (χ4n) is 1.41. The van der Waals surface area contributed by atoms with Crippen molar-refractivity contribution in [1.82, 2.24) is 5.32 Å². The maximum atomic E-state index is 6.02. The molecule has 0 saturated carbocycles. The molecule has 1 atom stereocenters. The van der Waals surface area contributed by atoms with E-state index in [-0.39, 0.29) is 5.38 Å². The Balaban J connectivity index is 2.31. The molecule has 84 valence electrons. The van der Waals surface area contributed by atoms with Crippen LogP contribution in [0.4, 0.5) is 0 Å². The number of alkyl halides is 1. The zero-order chi connectivity index (χ0) is 11.1. The molecule has 0 aliphatic rings. The predicted molar refractivity (Wildman–Crippen MR) is 67.5 cm³/mol. The molecule has 1 unspecified atom stereocenters. The average Bonchev–Trinajstić information content (AvgIpc) is 2.29. The van der Waals surface area contributed by atoms with E-state index in [2.05, 4.69) is 43.4 Å². The highest BCUT2D eigenvalue weighted by Gasteiger charge is 1.99. The quantitative estimate of drug-likeness (QED) is 0.733. The molecule has 0 radical (unpaired) electrons. The van der Waals surface area contributed by atoms with Crippen LogP contribution in [0.3, 0.4) is 0 Å². The number of hydrogen-bond acceptors (Lipinski definition) is 1. The third-order valence-electron chi connectivity index (χ3n) is 2.57. The van der Waals surface area contributed by atoms with Crippen molar-refractivity contribution < 1.29 is 0 Å². The molecule has 0 spiro atoms. The van der Waals surface area contributed by atoms with Crippen molar-refractivity contribution in [2.45, 2.75) is 38.6 Å². The molecule has 1 nitrogen and oxygen atoms in total. The maximum Gasteiger partial charge on any atom is 0.0458 e. The zero-order valence-corrected chi connectivity index (χ0v) is 10.3. The Labute approximate surface area is 97.8 Å². The third kappa shape index (κ3) is 4.67. The highest BCUT2D eigenvalue weighted by molar-refractivity contribution is 6.20. The number of nitrogens with one attached hydrogen (secondary N) is 1. The summed E-state index contributed by atoms with van der Waals surface area (Å²) in [4.78, 5) is 0. The largest absolute Gasteiger partial charge is 0.311 e. The van der Waals surface area contributed by atoms with Gasteiger partial charge in [0, 0.05) is 18.5 Å². The number of aryl methyl sites for hydroxylation is 1. The van der Waals surface area contributed by atoms with E-state index in [0.29, 0.717) is 0 Å². The third-order valence-corrected chi connectivity index (χ3v) is 3.03. The average molecular weight is 226 g/mol. The minimum Gasteiger partial charge on any atom is -0.311 e. The van der Waals surface area contributed by atoms with Crippen LogP contribution < -0.4 is 5.32 Å². The van der Waals surface area contributed by atoms with Crippen LogP contribution in [0.15, 0.2) is 24.3 Å². The van der Waals surface area contributed by atoms with Gasteiger partial charge in [-0.25, -0.2) is 0 Å². The molecule has 0 saturated heterocycles. The Hall–Kier alpha value is -0.530. The predicted octanol–water partition coefficient (Wildman–Crippen LogP) is 3.36. The first-order valence-electron chi connectivity index (χ1n) is 5.68. The molecule has 0 amide bonds. The van der Waals surface area contributed by atoms with E-state index in [1.807, 2.05) is 0 Å². The fraction of sp³-hybridized carbons (Fsp3) is 0.538. The molecule has 1 aromatic rings. The molecule has 1 N–H and O–H groups in total. The molecule has 2 heteroatoms. The highest BCUT2D eigenvalue weighted by atomic mass is 35.5. The van der Waals surface area contributed by atoms with Crippen LogP contribution in [0.25, 0.3) is 0 Å². The van der Waals surface area contributed by atoms with Crippen LogP contribution in [0, 0.1) is 0 Å². The van der Waals surface area contributed by atoms with E-state index in [0.717, 1.165) is 25.9 Å². The van der Waals surface area contributed by atoms with Gasteiger partial charge in [0.2, 0.25) is 0 Å². The summed E-state index contributed by atoms with van der Waals surface area (Å²) in [5.74, 6) is 0. The van der Waals surface area contributed by atoms with E-state index in [9.17, 15) is 0 Å². The second kappa shape index (κ2) is 6.86. The van der Waals surface area contributed by atoms with Crippen molar-refractivity contribution in [2.24, 2.45) is 0 Å². The molecular weight excluding hydrogens is 206 g/mol. The van der Waals surface area contributed by atoms with Crippen molar-refractivity contribution >= 4 is 11.6 Å². The van der Waals surface area contributed by atoms with E-state index < -0.39 is 0 Å². The second-order valence-electron chi connectivity index (χ2n) is 3.81. The van der Waals surface area contributed by atoms with Gasteiger partial charge in [-0.3, -0.25) is 0 Å². The lowest BCUT2D eigenvalue weighted by Gasteiger charge is -2.08. The van der Waals surface area contributed by atoms with Crippen molar-refractivity contribution in [3.8, 4) is 0 Å². The summed E-state index contributed by atoms with van der Waals surface area (Å²) in [6.07, 6.45) is 2.12. The minimum atomic E-state index is 0.250. The summed E-state index contributed by atoms with van der Waals surface area (Å²) in [6.45, 7) is 6.07. The van der Waals surface area contributed by atoms with E-state index >= 15 is 0 Å². The molecule has 0 heterocycles. The Morgan fingerprint density at radius 2 is 1.73 bits per heavy atom. The molecule has 0 fully saturated rings. The van der Waals surface area contributed by atoms with Crippen molar-refractivity contribution in [2.75, 3.05) is 6.54 Å². The summed E-state index contributed by atoms with van der Waals surface area (Å²) >= 11 is 6.02. The molecular formula is C13H20ClN. The number of benzene rings is 1. The van der Waals surface area contributed by atoms with E-state index in [1.54, 1.807) is 0 Å². The monoisotopic (exact) mass is 225 g/mol. The topological polar surface area (TPSA) is 12.0 Å². The van der Waals surface area contributed by atoms with Gasteiger partial charge in [-0.15, -0.1) is 11.6 Å². The standard InChI is InChI=1S/C13H20ClN/c1-3-11-5-7-12(8-6-11)9-15-10-13(14)4-2/h5-8,13,15H,3-4,9-10H2,1-2H3. The van der Waals surface area contributed by atoms with Gasteiger partial charge in [-0.2, -0.15) is 0 Å². The van der Waals surface area contributed by atoms with Gasteiger partial charge in [0.15, 0.2) is 0 Å². The number of halogens is 1. The first-order valence-corrected chi connectivity index (χ1v) is 6.12. The normalized spacial score (nSPS) is 12.7. The fourth-order valence-corrected chi connectivity index (χ4v) is 1.52.